The van der Waals surface area contributed by atoms with Crippen LogP contribution in [0.15, 0.2) is 30.3 Å². The lowest BCUT2D eigenvalue weighted by atomic mass is 10.1. The van der Waals surface area contributed by atoms with Gasteiger partial charge in [-0.05, 0) is 18.9 Å². The van der Waals surface area contributed by atoms with Gasteiger partial charge in [-0.2, -0.15) is 0 Å². The van der Waals surface area contributed by atoms with Crippen LogP contribution in [0.4, 0.5) is 0 Å². The maximum absolute atomic E-state index is 5.93. The fourth-order valence-corrected chi connectivity index (χ4v) is 2.35. The van der Waals surface area contributed by atoms with Crippen LogP contribution in [0.5, 0.6) is 0 Å². The fourth-order valence-electron chi connectivity index (χ4n) is 2.13. The van der Waals surface area contributed by atoms with Gasteiger partial charge in [0.2, 0.25) is 0 Å². The molecule has 3 rings (SSSR count). The molecule has 1 aromatic carbocycles. The third-order valence-corrected chi connectivity index (χ3v) is 3.34. The number of nitrogens with zero attached hydrogens (tertiary/aromatic N) is 4. The maximum atomic E-state index is 5.93. The molecule has 0 saturated carbocycles. The summed E-state index contributed by atoms with van der Waals surface area (Å²) >= 11 is 5.93. The highest BCUT2D eigenvalue weighted by Crippen LogP contribution is 2.21. The highest BCUT2D eigenvalue weighted by Gasteiger charge is 2.11. The van der Waals surface area contributed by atoms with E-state index in [9.17, 15) is 0 Å². The van der Waals surface area contributed by atoms with E-state index < -0.39 is 0 Å². The van der Waals surface area contributed by atoms with Gasteiger partial charge in [-0.1, -0.05) is 42.8 Å². The van der Waals surface area contributed by atoms with Gasteiger partial charge >= 0.3 is 0 Å². The molecule has 0 unspecified atom stereocenters. The summed E-state index contributed by atoms with van der Waals surface area (Å²) in [7, 11) is 0. The topological polar surface area (TPSA) is 43.1 Å². The van der Waals surface area contributed by atoms with E-state index in [-0.39, 0.29) is 0 Å². The molecule has 4 nitrogen and oxygen atoms in total. The zero-order valence-electron chi connectivity index (χ0n) is 10.8. The molecule has 0 fully saturated rings. The Morgan fingerprint density at radius 1 is 1.16 bits per heavy atom. The zero-order valence-corrected chi connectivity index (χ0v) is 11.5. The van der Waals surface area contributed by atoms with Gasteiger partial charge in [0.15, 0.2) is 11.5 Å². The molecule has 0 bridgehead atoms. The molecule has 0 spiro atoms. The minimum atomic E-state index is 0.435. The minimum Gasteiger partial charge on any atom is -0.263 e. The third-order valence-electron chi connectivity index (χ3n) is 3.15. The number of fused-ring (bicyclic) bond motifs is 1. The van der Waals surface area contributed by atoms with Crippen LogP contribution in [0.25, 0.3) is 17.0 Å². The molecule has 0 radical (unpaired) electrons. The third kappa shape index (κ3) is 2.08. The van der Waals surface area contributed by atoms with Gasteiger partial charge < -0.3 is 0 Å². The van der Waals surface area contributed by atoms with E-state index in [4.69, 9.17) is 11.6 Å². The number of halogens is 1. The van der Waals surface area contributed by atoms with Crippen molar-refractivity contribution >= 4 is 17.2 Å². The first-order chi connectivity index (χ1) is 9.19. The Morgan fingerprint density at radius 2 is 1.89 bits per heavy atom. The van der Waals surface area contributed by atoms with E-state index in [0.29, 0.717) is 10.8 Å². The summed E-state index contributed by atoms with van der Waals surface area (Å²) in [4.78, 5) is 4.24. The summed E-state index contributed by atoms with van der Waals surface area (Å²) in [6.45, 7) is 4.03. The van der Waals surface area contributed by atoms with Crippen LogP contribution < -0.4 is 0 Å². The number of benzene rings is 1. The first-order valence-electron chi connectivity index (χ1n) is 6.16. The highest BCUT2D eigenvalue weighted by atomic mass is 35.5. The molecule has 0 saturated heterocycles. The quantitative estimate of drug-likeness (QED) is 0.672. The molecule has 0 amide bonds. The Labute approximate surface area is 116 Å². The predicted molar refractivity (Wildman–Crippen MR) is 75.3 cm³/mol. The van der Waals surface area contributed by atoms with Gasteiger partial charge in [0.25, 0.3) is 0 Å². The summed E-state index contributed by atoms with van der Waals surface area (Å²) in [6, 6.07) is 10.0. The van der Waals surface area contributed by atoms with Gasteiger partial charge in [-0.25, -0.2) is 4.98 Å². The fraction of sp³-hybridized carbons (Fsp3) is 0.214. The Kier molecular flexibility index (Phi) is 2.95. The summed E-state index contributed by atoms with van der Waals surface area (Å²) in [5.74, 6) is 1.57. The lowest BCUT2D eigenvalue weighted by Crippen LogP contribution is -1.98. The zero-order chi connectivity index (χ0) is 13.4. The summed E-state index contributed by atoms with van der Waals surface area (Å²) in [6.07, 6.45) is 1.02. The largest absolute Gasteiger partial charge is 0.263 e. The van der Waals surface area contributed by atoms with Crippen molar-refractivity contribution in [3.63, 3.8) is 0 Å². The van der Waals surface area contributed by atoms with Gasteiger partial charge in [0, 0.05) is 11.6 Å². The molecule has 0 aliphatic rings. The molecular weight excluding hydrogens is 260 g/mol. The van der Waals surface area contributed by atoms with Gasteiger partial charge in [-0.15, -0.1) is 10.2 Å². The van der Waals surface area contributed by atoms with E-state index >= 15 is 0 Å². The molecular formula is C14H13ClN4. The van der Waals surface area contributed by atoms with Crippen molar-refractivity contribution in [3.8, 4) is 11.4 Å². The van der Waals surface area contributed by atoms with E-state index in [1.54, 1.807) is 6.07 Å². The molecule has 96 valence electrons. The first-order valence-corrected chi connectivity index (χ1v) is 6.54. The Hall–Kier alpha value is -1.94. The number of aryl methyl sites for hydroxylation is 2. The van der Waals surface area contributed by atoms with Crippen LogP contribution in [0.1, 0.15) is 18.3 Å². The summed E-state index contributed by atoms with van der Waals surface area (Å²) < 4.78 is 1.91. The van der Waals surface area contributed by atoms with Crippen molar-refractivity contribution in [2.45, 2.75) is 20.3 Å². The van der Waals surface area contributed by atoms with E-state index in [1.165, 1.54) is 5.56 Å². The number of aromatic nitrogens is 4. The molecule has 5 heteroatoms. The van der Waals surface area contributed by atoms with Crippen molar-refractivity contribution < 1.29 is 0 Å². The van der Waals surface area contributed by atoms with Crippen LogP contribution in [0, 0.1) is 6.92 Å². The van der Waals surface area contributed by atoms with Crippen LogP contribution >= 0.6 is 11.6 Å². The van der Waals surface area contributed by atoms with Crippen LogP contribution in [0.3, 0.4) is 0 Å². The second kappa shape index (κ2) is 4.63. The summed E-state index contributed by atoms with van der Waals surface area (Å²) in [5, 5.41) is 8.82. The predicted octanol–water partition coefficient (Wildman–Crippen LogP) is 3.32. The molecule has 0 aliphatic carbocycles. The first kappa shape index (κ1) is 12.1. The van der Waals surface area contributed by atoms with Crippen molar-refractivity contribution in [1.29, 1.82) is 0 Å². The average Bonchev–Trinajstić information content (AvgIpc) is 2.83. The van der Waals surface area contributed by atoms with Crippen molar-refractivity contribution in [2.75, 3.05) is 0 Å². The van der Waals surface area contributed by atoms with E-state index in [2.05, 4.69) is 46.4 Å². The standard InChI is InChI=1S/C14H13ClN4/c1-3-10-4-6-11(7-5-10)14-18-17-13-8-12(15)16-9(2)19(13)14/h4-8H,3H2,1-2H3. The van der Waals surface area contributed by atoms with Gasteiger partial charge in [0.1, 0.15) is 11.0 Å². The number of hydrogen-bond acceptors (Lipinski definition) is 3. The average molecular weight is 273 g/mol. The molecule has 0 atom stereocenters. The van der Waals surface area contributed by atoms with Crippen molar-refractivity contribution in [1.82, 2.24) is 19.6 Å². The molecule has 0 N–H and O–H groups in total. The minimum absolute atomic E-state index is 0.435. The second-order valence-electron chi connectivity index (χ2n) is 4.39. The maximum Gasteiger partial charge on any atom is 0.169 e. The molecule has 2 heterocycles. The van der Waals surface area contributed by atoms with Crippen LogP contribution in [0.2, 0.25) is 5.15 Å². The second-order valence-corrected chi connectivity index (χ2v) is 4.78. The molecule has 19 heavy (non-hydrogen) atoms. The number of rotatable bonds is 2. The van der Waals surface area contributed by atoms with E-state index in [0.717, 1.165) is 23.6 Å². The Morgan fingerprint density at radius 3 is 2.58 bits per heavy atom. The molecule has 2 aromatic heterocycles. The molecule has 3 aromatic rings. The Bertz CT molecular complexity index is 731. The van der Waals surface area contributed by atoms with E-state index in [1.807, 2.05) is 11.3 Å². The van der Waals surface area contributed by atoms with Gasteiger partial charge in [-0.3, -0.25) is 4.40 Å². The van der Waals surface area contributed by atoms with Crippen LogP contribution in [-0.2, 0) is 6.42 Å². The SMILES string of the molecule is CCc1ccc(-c2nnc3cc(Cl)nc(C)n23)cc1. The van der Waals surface area contributed by atoms with Crippen molar-refractivity contribution in [3.05, 3.63) is 46.9 Å². The normalized spacial score (nSPS) is 11.1. The smallest absolute Gasteiger partial charge is 0.169 e. The lowest BCUT2D eigenvalue weighted by molar-refractivity contribution is 0.988. The lowest BCUT2D eigenvalue weighted by Gasteiger charge is -2.04. The highest BCUT2D eigenvalue weighted by molar-refractivity contribution is 6.29. The van der Waals surface area contributed by atoms with Crippen LogP contribution in [-0.4, -0.2) is 19.6 Å². The summed E-state index contributed by atoms with van der Waals surface area (Å²) in [5.41, 5.74) is 3.04. The van der Waals surface area contributed by atoms with Gasteiger partial charge in [0.05, 0.1) is 0 Å². The monoisotopic (exact) mass is 272 g/mol. The van der Waals surface area contributed by atoms with Crippen molar-refractivity contribution in [2.24, 2.45) is 0 Å². The Balaban J connectivity index is 2.19. The number of hydrogen-bond donors (Lipinski definition) is 0. The molecule has 0 aliphatic heterocycles.